The van der Waals surface area contributed by atoms with Gasteiger partial charge in [0.15, 0.2) is 0 Å². The third-order valence-corrected chi connectivity index (χ3v) is 6.56. The standard InChI is InChI=1S/C31H36N8O2/c1-18-15-25(38(36-18)30(3,4)5)28(40)32-21-11-9-20(10-12-21)27-34-23-14-13-22(17-24(23)35-27)33-29(41)26-16-19(2)37-39(26)31(6,7)8/h9-17H,1-8H3,(H,32,40)(H,33,41)(H,34,35). The van der Waals surface area contributed by atoms with Crippen LogP contribution in [0.1, 0.15) is 73.9 Å². The molecule has 0 aliphatic heterocycles. The molecule has 0 saturated carbocycles. The highest BCUT2D eigenvalue weighted by atomic mass is 16.2. The van der Waals surface area contributed by atoms with Gasteiger partial charge in [0.05, 0.1) is 33.5 Å². The van der Waals surface area contributed by atoms with Crippen LogP contribution < -0.4 is 10.6 Å². The topological polar surface area (TPSA) is 123 Å². The van der Waals surface area contributed by atoms with E-state index in [0.29, 0.717) is 28.6 Å². The number of benzene rings is 2. The van der Waals surface area contributed by atoms with Gasteiger partial charge in [0.25, 0.3) is 11.8 Å². The molecule has 5 rings (SSSR count). The Balaban J connectivity index is 1.32. The van der Waals surface area contributed by atoms with Crippen LogP contribution >= 0.6 is 0 Å². The lowest BCUT2D eigenvalue weighted by atomic mass is 10.1. The predicted molar refractivity (Wildman–Crippen MR) is 161 cm³/mol. The molecule has 0 radical (unpaired) electrons. The normalized spacial score (nSPS) is 12.1. The van der Waals surface area contributed by atoms with Gasteiger partial charge in [-0.2, -0.15) is 10.2 Å². The Morgan fingerprint density at radius 2 is 1.20 bits per heavy atom. The van der Waals surface area contributed by atoms with Crippen molar-refractivity contribution in [1.29, 1.82) is 0 Å². The third kappa shape index (κ3) is 5.77. The van der Waals surface area contributed by atoms with Gasteiger partial charge in [0.1, 0.15) is 17.2 Å². The Kier molecular flexibility index (Phi) is 6.81. The number of nitrogens with zero attached hydrogens (tertiary/aromatic N) is 5. The summed E-state index contributed by atoms with van der Waals surface area (Å²) in [6.07, 6.45) is 0. The molecule has 212 valence electrons. The van der Waals surface area contributed by atoms with Gasteiger partial charge in [-0.3, -0.25) is 19.0 Å². The molecule has 0 bridgehead atoms. The monoisotopic (exact) mass is 552 g/mol. The lowest BCUT2D eigenvalue weighted by Gasteiger charge is -2.22. The van der Waals surface area contributed by atoms with Crippen molar-refractivity contribution in [1.82, 2.24) is 29.5 Å². The maximum absolute atomic E-state index is 13.1. The summed E-state index contributed by atoms with van der Waals surface area (Å²) >= 11 is 0. The van der Waals surface area contributed by atoms with Crippen LogP contribution in [-0.2, 0) is 11.1 Å². The van der Waals surface area contributed by atoms with E-state index in [4.69, 9.17) is 4.98 Å². The molecular formula is C31H36N8O2. The molecule has 3 heterocycles. The van der Waals surface area contributed by atoms with E-state index >= 15 is 0 Å². The van der Waals surface area contributed by atoms with Crippen molar-refractivity contribution in [2.24, 2.45) is 0 Å². The largest absolute Gasteiger partial charge is 0.338 e. The van der Waals surface area contributed by atoms with Gasteiger partial charge in [-0.05, 0) is 110 Å². The predicted octanol–water partition coefficient (Wildman–Crippen LogP) is 6.25. The van der Waals surface area contributed by atoms with Crippen molar-refractivity contribution < 1.29 is 9.59 Å². The number of aryl methyl sites for hydroxylation is 2. The Hall–Kier alpha value is -4.73. The molecule has 10 heteroatoms. The lowest BCUT2D eigenvalue weighted by molar-refractivity contribution is 0.0997. The number of hydrogen-bond acceptors (Lipinski definition) is 5. The van der Waals surface area contributed by atoms with Gasteiger partial charge < -0.3 is 15.6 Å². The number of carbonyl (C=O) groups excluding carboxylic acids is 2. The summed E-state index contributed by atoms with van der Waals surface area (Å²) in [4.78, 5) is 34.2. The van der Waals surface area contributed by atoms with Crippen LogP contribution in [-0.4, -0.2) is 41.3 Å². The number of aromatic amines is 1. The first kappa shape index (κ1) is 27.8. The smallest absolute Gasteiger partial charge is 0.273 e. The van der Waals surface area contributed by atoms with Gasteiger partial charge in [-0.1, -0.05) is 0 Å². The van der Waals surface area contributed by atoms with E-state index in [0.717, 1.165) is 28.0 Å². The van der Waals surface area contributed by atoms with Gasteiger partial charge in [-0.25, -0.2) is 4.98 Å². The molecule has 2 amide bonds. The molecule has 2 aromatic carbocycles. The number of carbonyl (C=O) groups is 2. The maximum atomic E-state index is 13.1. The quantitative estimate of drug-likeness (QED) is 0.238. The number of H-pyrrole nitrogens is 1. The molecule has 3 N–H and O–H groups in total. The van der Waals surface area contributed by atoms with E-state index in [1.165, 1.54) is 0 Å². The summed E-state index contributed by atoms with van der Waals surface area (Å²) in [6, 6.07) is 16.6. The summed E-state index contributed by atoms with van der Waals surface area (Å²) in [5, 5.41) is 14.9. The van der Waals surface area contributed by atoms with Crippen molar-refractivity contribution in [3.63, 3.8) is 0 Å². The molecule has 3 aromatic heterocycles. The van der Waals surface area contributed by atoms with E-state index in [1.54, 1.807) is 21.5 Å². The number of fused-ring (bicyclic) bond motifs is 1. The SMILES string of the molecule is Cc1cc(C(=O)Nc2ccc(-c3nc4ccc(NC(=O)c5cc(C)nn5C(C)(C)C)cc4[nH]3)cc2)n(C(C)(C)C)n1. The fourth-order valence-electron chi connectivity index (χ4n) is 4.67. The average molecular weight is 553 g/mol. The lowest BCUT2D eigenvalue weighted by Crippen LogP contribution is -2.29. The molecule has 10 nitrogen and oxygen atoms in total. The minimum atomic E-state index is -0.324. The van der Waals surface area contributed by atoms with Crippen molar-refractivity contribution in [2.75, 3.05) is 10.6 Å². The van der Waals surface area contributed by atoms with E-state index in [9.17, 15) is 9.59 Å². The summed E-state index contributed by atoms with van der Waals surface area (Å²) in [5.74, 6) is 0.245. The van der Waals surface area contributed by atoms with Crippen LogP contribution in [0, 0.1) is 13.8 Å². The molecule has 0 spiro atoms. The van der Waals surface area contributed by atoms with Crippen molar-refractivity contribution in [3.8, 4) is 11.4 Å². The summed E-state index contributed by atoms with van der Waals surface area (Å²) in [6.45, 7) is 15.8. The van der Waals surface area contributed by atoms with E-state index in [2.05, 4.69) is 25.8 Å². The highest BCUT2D eigenvalue weighted by molar-refractivity contribution is 6.04. The third-order valence-electron chi connectivity index (χ3n) is 6.56. The second-order valence-corrected chi connectivity index (χ2v) is 12.3. The van der Waals surface area contributed by atoms with E-state index in [1.807, 2.05) is 97.9 Å². The van der Waals surface area contributed by atoms with Crippen molar-refractivity contribution in [2.45, 2.75) is 66.5 Å². The van der Waals surface area contributed by atoms with Crippen molar-refractivity contribution in [3.05, 3.63) is 77.4 Å². The highest BCUT2D eigenvalue weighted by Crippen LogP contribution is 2.26. The molecule has 0 fully saturated rings. The zero-order valence-corrected chi connectivity index (χ0v) is 24.7. The van der Waals surface area contributed by atoms with Crippen LogP contribution in [0.3, 0.4) is 0 Å². The number of aromatic nitrogens is 6. The molecule has 0 saturated heterocycles. The zero-order chi connectivity index (χ0) is 29.7. The molecule has 5 aromatic rings. The van der Waals surface area contributed by atoms with Crippen LogP contribution in [0.4, 0.5) is 11.4 Å². The molecule has 0 atom stereocenters. The van der Waals surface area contributed by atoms with E-state index < -0.39 is 0 Å². The van der Waals surface area contributed by atoms with Crippen LogP contribution in [0.15, 0.2) is 54.6 Å². The number of imidazole rings is 1. The van der Waals surface area contributed by atoms with Crippen LogP contribution in [0.2, 0.25) is 0 Å². The summed E-state index contributed by atoms with van der Waals surface area (Å²) in [7, 11) is 0. The fraction of sp³-hybridized carbons (Fsp3) is 0.323. The Morgan fingerprint density at radius 1 is 0.707 bits per heavy atom. The maximum Gasteiger partial charge on any atom is 0.273 e. The minimum absolute atomic E-state index is 0.215. The van der Waals surface area contributed by atoms with Crippen LogP contribution in [0.5, 0.6) is 0 Å². The second kappa shape index (κ2) is 10.0. The highest BCUT2D eigenvalue weighted by Gasteiger charge is 2.24. The Bertz CT molecular complexity index is 1760. The number of amides is 2. The second-order valence-electron chi connectivity index (χ2n) is 12.3. The van der Waals surface area contributed by atoms with Gasteiger partial charge in [0.2, 0.25) is 0 Å². The first-order chi connectivity index (χ1) is 19.2. The molecular weight excluding hydrogens is 516 g/mol. The number of anilines is 2. The Morgan fingerprint density at radius 3 is 1.71 bits per heavy atom. The van der Waals surface area contributed by atoms with Gasteiger partial charge in [0, 0.05) is 16.9 Å². The average Bonchev–Trinajstić information content (AvgIpc) is 3.60. The molecule has 0 unspecified atom stereocenters. The first-order valence-corrected chi connectivity index (χ1v) is 13.6. The fourth-order valence-corrected chi connectivity index (χ4v) is 4.67. The number of rotatable bonds is 5. The molecule has 41 heavy (non-hydrogen) atoms. The van der Waals surface area contributed by atoms with Crippen LogP contribution in [0.25, 0.3) is 22.4 Å². The number of hydrogen-bond donors (Lipinski definition) is 3. The molecule has 0 aliphatic rings. The van der Waals surface area contributed by atoms with Gasteiger partial charge in [-0.15, -0.1) is 0 Å². The first-order valence-electron chi connectivity index (χ1n) is 13.6. The van der Waals surface area contributed by atoms with Gasteiger partial charge >= 0.3 is 0 Å². The summed E-state index contributed by atoms with van der Waals surface area (Å²) in [5.41, 5.74) is 5.71. The van der Waals surface area contributed by atoms with E-state index in [-0.39, 0.29) is 22.9 Å². The number of nitrogens with one attached hydrogen (secondary N) is 3. The zero-order valence-electron chi connectivity index (χ0n) is 24.7. The summed E-state index contributed by atoms with van der Waals surface area (Å²) < 4.78 is 3.49. The molecule has 0 aliphatic carbocycles. The van der Waals surface area contributed by atoms with Crippen molar-refractivity contribution >= 4 is 34.2 Å². The minimum Gasteiger partial charge on any atom is -0.338 e. The Labute approximate surface area is 239 Å².